The standard InChI is InChI=1S/C14H25F2NO3/c15-14(16)2-1-11(7-14)9-17-10-12(18)8-13(19)3-5-20-6-4-13/h11-12,17-19H,1-10H2. The first-order valence-electron chi connectivity index (χ1n) is 7.45. The van der Waals surface area contributed by atoms with E-state index in [0.717, 1.165) is 0 Å². The Morgan fingerprint density at radius 3 is 2.55 bits per heavy atom. The Bertz CT molecular complexity index is 309. The lowest BCUT2D eigenvalue weighted by Crippen LogP contribution is -2.42. The number of halogens is 2. The molecule has 6 heteroatoms. The van der Waals surface area contributed by atoms with Crippen molar-refractivity contribution in [3.63, 3.8) is 0 Å². The van der Waals surface area contributed by atoms with Crippen LogP contribution in [0.25, 0.3) is 0 Å². The molecule has 2 fully saturated rings. The van der Waals surface area contributed by atoms with Crippen molar-refractivity contribution in [1.82, 2.24) is 5.32 Å². The second-order valence-electron chi connectivity index (χ2n) is 6.32. The molecule has 1 saturated carbocycles. The maximum Gasteiger partial charge on any atom is 0.248 e. The minimum atomic E-state index is -2.51. The number of hydrogen-bond acceptors (Lipinski definition) is 4. The lowest BCUT2D eigenvalue weighted by Gasteiger charge is -2.33. The fraction of sp³-hybridized carbons (Fsp3) is 1.00. The fourth-order valence-corrected chi connectivity index (χ4v) is 3.14. The highest BCUT2D eigenvalue weighted by Gasteiger charge is 2.39. The van der Waals surface area contributed by atoms with Gasteiger partial charge in [-0.2, -0.15) is 0 Å². The first-order valence-corrected chi connectivity index (χ1v) is 7.45. The number of aliphatic hydroxyl groups is 2. The third-order valence-electron chi connectivity index (χ3n) is 4.36. The molecule has 4 nitrogen and oxygen atoms in total. The maximum absolute atomic E-state index is 13.0. The van der Waals surface area contributed by atoms with Crippen LogP contribution in [-0.2, 0) is 4.74 Å². The first-order chi connectivity index (χ1) is 9.39. The lowest BCUT2D eigenvalue weighted by atomic mass is 9.88. The molecule has 0 aromatic rings. The van der Waals surface area contributed by atoms with E-state index in [0.29, 0.717) is 52.0 Å². The molecule has 0 radical (unpaired) electrons. The van der Waals surface area contributed by atoms with Gasteiger partial charge in [-0.1, -0.05) is 0 Å². The van der Waals surface area contributed by atoms with Crippen LogP contribution < -0.4 is 5.32 Å². The van der Waals surface area contributed by atoms with Crippen molar-refractivity contribution in [2.24, 2.45) is 5.92 Å². The van der Waals surface area contributed by atoms with E-state index >= 15 is 0 Å². The van der Waals surface area contributed by atoms with Crippen LogP contribution >= 0.6 is 0 Å². The summed E-state index contributed by atoms with van der Waals surface area (Å²) in [4.78, 5) is 0. The van der Waals surface area contributed by atoms with Crippen molar-refractivity contribution in [3.8, 4) is 0 Å². The van der Waals surface area contributed by atoms with Gasteiger partial charge in [-0.3, -0.25) is 0 Å². The molecular formula is C14H25F2NO3. The van der Waals surface area contributed by atoms with E-state index in [2.05, 4.69) is 5.32 Å². The number of hydrogen-bond donors (Lipinski definition) is 3. The zero-order valence-corrected chi connectivity index (χ0v) is 11.8. The second-order valence-corrected chi connectivity index (χ2v) is 6.32. The molecule has 0 spiro atoms. The Labute approximate surface area is 118 Å². The van der Waals surface area contributed by atoms with Gasteiger partial charge in [0.15, 0.2) is 0 Å². The van der Waals surface area contributed by atoms with Crippen LogP contribution in [0.4, 0.5) is 8.78 Å². The molecule has 2 rings (SSSR count). The minimum Gasteiger partial charge on any atom is -0.392 e. The average Bonchev–Trinajstić information content (AvgIpc) is 2.69. The van der Waals surface area contributed by atoms with Crippen LogP contribution in [0.3, 0.4) is 0 Å². The van der Waals surface area contributed by atoms with Gasteiger partial charge in [0.25, 0.3) is 0 Å². The summed E-state index contributed by atoms with van der Waals surface area (Å²) in [5.74, 6) is -2.52. The molecule has 1 heterocycles. The van der Waals surface area contributed by atoms with Crippen molar-refractivity contribution in [1.29, 1.82) is 0 Å². The third-order valence-corrected chi connectivity index (χ3v) is 4.36. The molecule has 0 aromatic carbocycles. The summed E-state index contributed by atoms with van der Waals surface area (Å²) in [6, 6.07) is 0. The molecule has 0 amide bonds. The smallest absolute Gasteiger partial charge is 0.248 e. The van der Waals surface area contributed by atoms with Gasteiger partial charge in [-0.15, -0.1) is 0 Å². The topological polar surface area (TPSA) is 61.7 Å². The van der Waals surface area contributed by atoms with E-state index in [9.17, 15) is 19.0 Å². The van der Waals surface area contributed by atoms with E-state index in [1.54, 1.807) is 0 Å². The number of nitrogens with one attached hydrogen (secondary N) is 1. The van der Waals surface area contributed by atoms with Crippen LogP contribution in [0.1, 0.15) is 38.5 Å². The molecule has 20 heavy (non-hydrogen) atoms. The number of ether oxygens (including phenoxy) is 1. The summed E-state index contributed by atoms with van der Waals surface area (Å²) in [7, 11) is 0. The van der Waals surface area contributed by atoms with Crippen LogP contribution in [0.2, 0.25) is 0 Å². The zero-order valence-electron chi connectivity index (χ0n) is 11.8. The molecule has 1 saturated heterocycles. The predicted molar refractivity (Wildman–Crippen MR) is 70.8 cm³/mol. The molecule has 118 valence electrons. The van der Waals surface area contributed by atoms with Crippen molar-refractivity contribution in [2.75, 3.05) is 26.3 Å². The van der Waals surface area contributed by atoms with Gasteiger partial charge in [0.1, 0.15) is 0 Å². The molecule has 1 aliphatic carbocycles. The zero-order chi connectivity index (χ0) is 14.6. The molecule has 0 bridgehead atoms. The summed E-state index contributed by atoms with van der Waals surface area (Å²) < 4.78 is 31.2. The number of alkyl halides is 2. The van der Waals surface area contributed by atoms with Gasteiger partial charge in [0, 0.05) is 39.0 Å². The Balaban J connectivity index is 1.61. The van der Waals surface area contributed by atoms with Crippen LogP contribution in [0.5, 0.6) is 0 Å². The Hall–Kier alpha value is -0.300. The van der Waals surface area contributed by atoms with E-state index in [1.165, 1.54) is 0 Å². The molecule has 1 aliphatic heterocycles. The fourth-order valence-electron chi connectivity index (χ4n) is 3.14. The first kappa shape index (κ1) is 16.1. The van der Waals surface area contributed by atoms with Gasteiger partial charge in [0.05, 0.1) is 11.7 Å². The quantitative estimate of drug-likeness (QED) is 0.691. The Kier molecular flexibility index (Phi) is 5.34. The second kappa shape index (κ2) is 6.64. The number of rotatable bonds is 6. The summed E-state index contributed by atoms with van der Waals surface area (Å²) in [6.07, 6.45) is 1.19. The SMILES string of the molecule is OC(CNCC1CCC(F)(F)C1)CC1(O)CCOCC1. The van der Waals surface area contributed by atoms with Crippen molar-refractivity contribution in [3.05, 3.63) is 0 Å². The van der Waals surface area contributed by atoms with Gasteiger partial charge in [-0.25, -0.2) is 8.78 Å². The summed E-state index contributed by atoms with van der Waals surface area (Å²) in [5.41, 5.74) is -0.847. The lowest BCUT2D eigenvalue weighted by molar-refractivity contribution is -0.0860. The average molecular weight is 293 g/mol. The van der Waals surface area contributed by atoms with Crippen molar-refractivity contribution in [2.45, 2.75) is 56.2 Å². The number of aliphatic hydroxyl groups excluding tert-OH is 1. The van der Waals surface area contributed by atoms with Gasteiger partial charge >= 0.3 is 0 Å². The molecule has 3 N–H and O–H groups in total. The van der Waals surface area contributed by atoms with Crippen molar-refractivity contribution < 1.29 is 23.7 Å². The van der Waals surface area contributed by atoms with Crippen LogP contribution in [0.15, 0.2) is 0 Å². The third kappa shape index (κ3) is 4.91. The molecular weight excluding hydrogens is 268 g/mol. The highest BCUT2D eigenvalue weighted by atomic mass is 19.3. The van der Waals surface area contributed by atoms with Crippen molar-refractivity contribution >= 4 is 0 Å². The monoisotopic (exact) mass is 293 g/mol. The van der Waals surface area contributed by atoms with Crippen LogP contribution in [-0.4, -0.2) is 54.1 Å². The van der Waals surface area contributed by atoms with E-state index in [-0.39, 0.29) is 18.8 Å². The highest BCUT2D eigenvalue weighted by molar-refractivity contribution is 4.85. The Morgan fingerprint density at radius 1 is 1.25 bits per heavy atom. The molecule has 2 unspecified atom stereocenters. The van der Waals surface area contributed by atoms with Crippen LogP contribution in [0, 0.1) is 5.92 Å². The molecule has 2 atom stereocenters. The summed E-state index contributed by atoms with van der Waals surface area (Å²) in [5, 5.41) is 23.2. The predicted octanol–water partition coefficient (Wildman–Crippen LogP) is 1.30. The van der Waals surface area contributed by atoms with Gasteiger partial charge in [-0.05, 0) is 31.7 Å². The van der Waals surface area contributed by atoms with E-state index in [1.807, 2.05) is 0 Å². The summed E-state index contributed by atoms with van der Waals surface area (Å²) in [6.45, 7) is 1.89. The highest BCUT2D eigenvalue weighted by Crippen LogP contribution is 2.38. The van der Waals surface area contributed by atoms with Gasteiger partial charge in [0.2, 0.25) is 5.92 Å². The largest absolute Gasteiger partial charge is 0.392 e. The maximum atomic E-state index is 13.0. The van der Waals surface area contributed by atoms with E-state index in [4.69, 9.17) is 4.74 Å². The Morgan fingerprint density at radius 2 is 1.95 bits per heavy atom. The van der Waals surface area contributed by atoms with E-state index < -0.39 is 17.6 Å². The normalized spacial score (nSPS) is 30.3. The minimum absolute atomic E-state index is 0.0108. The molecule has 0 aromatic heterocycles. The van der Waals surface area contributed by atoms with Gasteiger partial charge < -0.3 is 20.3 Å². The summed E-state index contributed by atoms with van der Waals surface area (Å²) >= 11 is 0. The molecule has 2 aliphatic rings.